The Hall–Kier alpha value is -0.0600. The first-order valence-electron chi connectivity index (χ1n) is 4.09. The second-order valence-electron chi connectivity index (χ2n) is 2.87. The second-order valence-corrected chi connectivity index (χ2v) is 5.09. The summed E-state index contributed by atoms with van der Waals surface area (Å²) in [6.45, 7) is 3.18. The molecule has 2 heterocycles. The Kier molecular flexibility index (Phi) is 2.68. The van der Waals surface area contributed by atoms with Crippen LogP contribution in [0.4, 0.5) is 0 Å². The predicted molar refractivity (Wildman–Crippen MR) is 54.9 cm³/mol. The molecule has 12 heavy (non-hydrogen) atoms. The quantitative estimate of drug-likeness (QED) is 0.748. The van der Waals surface area contributed by atoms with Gasteiger partial charge in [0.2, 0.25) is 0 Å². The summed E-state index contributed by atoms with van der Waals surface area (Å²) >= 11 is 3.75. The molecular weight excluding hydrogens is 188 g/mol. The zero-order chi connectivity index (χ0) is 8.39. The molecule has 1 aromatic heterocycles. The first-order valence-corrected chi connectivity index (χ1v) is 6.13. The van der Waals surface area contributed by atoms with Gasteiger partial charge in [0.15, 0.2) is 0 Å². The largest absolute Gasteiger partial charge is 0.307 e. The molecule has 0 radical (unpaired) electrons. The van der Waals surface area contributed by atoms with Crippen LogP contribution in [-0.2, 0) is 0 Å². The van der Waals surface area contributed by atoms with Crippen molar-refractivity contribution in [1.82, 2.24) is 10.3 Å². The monoisotopic (exact) mass is 200 g/mol. The summed E-state index contributed by atoms with van der Waals surface area (Å²) in [5, 5.41) is 6.81. The molecule has 0 aromatic carbocycles. The maximum atomic E-state index is 4.48. The van der Waals surface area contributed by atoms with Crippen LogP contribution in [0.2, 0.25) is 0 Å². The van der Waals surface area contributed by atoms with Crippen molar-refractivity contribution >= 4 is 23.1 Å². The second kappa shape index (κ2) is 3.77. The minimum atomic E-state index is 0.494. The van der Waals surface area contributed by atoms with E-state index in [4.69, 9.17) is 0 Å². The molecule has 1 aliphatic rings. The molecule has 2 rings (SSSR count). The predicted octanol–water partition coefficient (Wildman–Crippen LogP) is 1.83. The van der Waals surface area contributed by atoms with Gasteiger partial charge in [-0.25, -0.2) is 4.98 Å². The normalized spacial score (nSPS) is 24.2. The Labute approximate surface area is 80.8 Å². The van der Waals surface area contributed by atoms with Crippen LogP contribution in [-0.4, -0.2) is 23.0 Å². The highest BCUT2D eigenvalue weighted by atomic mass is 32.2. The first kappa shape index (κ1) is 8.53. The van der Waals surface area contributed by atoms with Gasteiger partial charge in [0, 0.05) is 23.4 Å². The van der Waals surface area contributed by atoms with Crippen molar-refractivity contribution in [3.05, 3.63) is 16.1 Å². The summed E-state index contributed by atoms with van der Waals surface area (Å²) in [6, 6.07) is 0.494. The summed E-state index contributed by atoms with van der Waals surface area (Å²) in [7, 11) is 0. The summed E-state index contributed by atoms with van der Waals surface area (Å²) in [5.41, 5.74) is 1.23. The van der Waals surface area contributed by atoms with Crippen LogP contribution in [0.1, 0.15) is 16.7 Å². The van der Waals surface area contributed by atoms with Gasteiger partial charge in [0.05, 0.1) is 16.7 Å². The van der Waals surface area contributed by atoms with E-state index in [1.807, 2.05) is 11.8 Å². The van der Waals surface area contributed by atoms with E-state index in [1.165, 1.54) is 22.2 Å². The maximum absolute atomic E-state index is 4.48. The third-order valence-corrected chi connectivity index (χ3v) is 3.77. The van der Waals surface area contributed by atoms with Crippen molar-refractivity contribution in [3.8, 4) is 0 Å². The lowest BCUT2D eigenvalue weighted by Gasteiger charge is -2.21. The summed E-state index contributed by atoms with van der Waals surface area (Å²) in [5.74, 6) is 2.41. The Morgan fingerprint density at radius 1 is 1.67 bits per heavy atom. The number of nitrogens with one attached hydrogen (secondary N) is 1. The third kappa shape index (κ3) is 1.81. The van der Waals surface area contributed by atoms with E-state index in [0.717, 1.165) is 6.54 Å². The van der Waals surface area contributed by atoms with Crippen molar-refractivity contribution in [2.75, 3.05) is 18.1 Å². The molecular formula is C8H12N2S2. The summed E-state index contributed by atoms with van der Waals surface area (Å²) in [6.07, 6.45) is 0. The van der Waals surface area contributed by atoms with Crippen LogP contribution < -0.4 is 5.32 Å². The zero-order valence-corrected chi connectivity index (χ0v) is 8.67. The fourth-order valence-corrected chi connectivity index (χ4v) is 2.92. The molecule has 0 aliphatic carbocycles. The van der Waals surface area contributed by atoms with Crippen molar-refractivity contribution in [1.29, 1.82) is 0 Å². The molecule has 0 spiro atoms. The van der Waals surface area contributed by atoms with Crippen molar-refractivity contribution in [2.24, 2.45) is 0 Å². The van der Waals surface area contributed by atoms with Gasteiger partial charge >= 0.3 is 0 Å². The van der Waals surface area contributed by atoms with Crippen LogP contribution in [0.25, 0.3) is 0 Å². The first-order chi connectivity index (χ1) is 5.86. The smallest absolute Gasteiger partial charge is 0.0898 e. The molecule has 0 saturated carbocycles. The van der Waals surface area contributed by atoms with Gasteiger partial charge in [-0.2, -0.15) is 11.8 Å². The molecule has 1 saturated heterocycles. The van der Waals surface area contributed by atoms with Gasteiger partial charge in [-0.1, -0.05) is 0 Å². The SMILES string of the molecule is Cc1nc(C2CSCCN2)cs1. The Morgan fingerprint density at radius 2 is 2.58 bits per heavy atom. The molecule has 1 fully saturated rings. The third-order valence-electron chi connectivity index (χ3n) is 1.92. The number of aryl methyl sites for hydroxylation is 1. The summed E-state index contributed by atoms with van der Waals surface area (Å²) < 4.78 is 0. The van der Waals surface area contributed by atoms with Crippen LogP contribution in [0.15, 0.2) is 5.38 Å². The van der Waals surface area contributed by atoms with Crippen LogP contribution in [0.3, 0.4) is 0 Å². The van der Waals surface area contributed by atoms with E-state index in [-0.39, 0.29) is 0 Å². The van der Waals surface area contributed by atoms with E-state index >= 15 is 0 Å². The van der Waals surface area contributed by atoms with Crippen molar-refractivity contribution in [3.63, 3.8) is 0 Å². The highest BCUT2D eigenvalue weighted by molar-refractivity contribution is 7.99. The van der Waals surface area contributed by atoms with Gasteiger partial charge < -0.3 is 5.32 Å². The van der Waals surface area contributed by atoms with E-state index in [0.29, 0.717) is 6.04 Å². The lowest BCUT2D eigenvalue weighted by atomic mass is 10.2. The van der Waals surface area contributed by atoms with E-state index in [9.17, 15) is 0 Å². The van der Waals surface area contributed by atoms with Gasteiger partial charge in [-0.15, -0.1) is 11.3 Å². The molecule has 1 unspecified atom stereocenters. The van der Waals surface area contributed by atoms with Crippen molar-refractivity contribution in [2.45, 2.75) is 13.0 Å². The number of aromatic nitrogens is 1. The lowest BCUT2D eigenvalue weighted by Crippen LogP contribution is -2.30. The topological polar surface area (TPSA) is 24.9 Å². The number of nitrogens with zero attached hydrogens (tertiary/aromatic N) is 1. The van der Waals surface area contributed by atoms with E-state index in [2.05, 4.69) is 22.6 Å². The highest BCUT2D eigenvalue weighted by Crippen LogP contribution is 2.22. The molecule has 2 nitrogen and oxygen atoms in total. The number of rotatable bonds is 1. The molecule has 1 aliphatic heterocycles. The minimum absolute atomic E-state index is 0.494. The van der Waals surface area contributed by atoms with Crippen molar-refractivity contribution < 1.29 is 0 Å². The molecule has 1 atom stereocenters. The molecule has 1 N–H and O–H groups in total. The molecule has 0 bridgehead atoms. The maximum Gasteiger partial charge on any atom is 0.0898 e. The Balaban J connectivity index is 2.08. The fourth-order valence-electron chi connectivity index (χ4n) is 1.30. The van der Waals surface area contributed by atoms with Gasteiger partial charge in [0.1, 0.15) is 0 Å². The highest BCUT2D eigenvalue weighted by Gasteiger charge is 2.16. The van der Waals surface area contributed by atoms with Gasteiger partial charge in [0.25, 0.3) is 0 Å². The van der Waals surface area contributed by atoms with E-state index < -0.39 is 0 Å². The molecule has 4 heteroatoms. The zero-order valence-electron chi connectivity index (χ0n) is 7.04. The van der Waals surface area contributed by atoms with Gasteiger partial charge in [-0.3, -0.25) is 0 Å². The van der Waals surface area contributed by atoms with Crippen LogP contribution in [0, 0.1) is 6.92 Å². The standard InChI is InChI=1S/C8H12N2S2/c1-6-10-8(5-12-6)7-4-11-3-2-9-7/h5,7,9H,2-4H2,1H3. The Bertz CT molecular complexity index is 253. The molecule has 0 amide bonds. The lowest BCUT2D eigenvalue weighted by molar-refractivity contribution is 0.583. The van der Waals surface area contributed by atoms with Crippen LogP contribution in [0.5, 0.6) is 0 Å². The van der Waals surface area contributed by atoms with Gasteiger partial charge in [-0.05, 0) is 6.92 Å². The average Bonchev–Trinajstić information content (AvgIpc) is 2.54. The number of thioether (sulfide) groups is 1. The van der Waals surface area contributed by atoms with E-state index in [1.54, 1.807) is 11.3 Å². The Morgan fingerprint density at radius 3 is 3.17 bits per heavy atom. The minimum Gasteiger partial charge on any atom is -0.307 e. The number of thiazole rings is 1. The number of hydrogen-bond acceptors (Lipinski definition) is 4. The molecule has 1 aromatic rings. The summed E-state index contributed by atoms with van der Waals surface area (Å²) in [4.78, 5) is 4.48. The fraction of sp³-hybridized carbons (Fsp3) is 0.625. The number of hydrogen-bond donors (Lipinski definition) is 1. The van der Waals surface area contributed by atoms with Crippen LogP contribution >= 0.6 is 23.1 Å². The average molecular weight is 200 g/mol. The molecule has 66 valence electrons.